The molecule has 3 heteroatoms. The fourth-order valence-corrected chi connectivity index (χ4v) is 1.22. The van der Waals surface area contributed by atoms with Crippen LogP contribution in [0.2, 0.25) is 0 Å². The van der Waals surface area contributed by atoms with Crippen LogP contribution in [0, 0.1) is 5.92 Å². The van der Waals surface area contributed by atoms with Crippen molar-refractivity contribution >= 4 is 5.82 Å². The van der Waals surface area contributed by atoms with Crippen molar-refractivity contribution in [2.75, 3.05) is 5.32 Å². The van der Waals surface area contributed by atoms with Gasteiger partial charge in [-0.15, -0.1) is 0 Å². The number of aryl methyl sites for hydroxylation is 1. The number of rotatable bonds is 4. The van der Waals surface area contributed by atoms with Gasteiger partial charge in [-0.2, -0.15) is 5.10 Å². The lowest BCUT2D eigenvalue weighted by Crippen LogP contribution is -2.23. The number of anilines is 1. The molecule has 0 saturated heterocycles. The summed E-state index contributed by atoms with van der Waals surface area (Å²) < 4.78 is 1.81. The fraction of sp³-hybridized carbons (Fsp3) is 0.700. The molecule has 0 fully saturated rings. The van der Waals surface area contributed by atoms with Gasteiger partial charge >= 0.3 is 0 Å². The Balaban J connectivity index is 2.49. The van der Waals surface area contributed by atoms with Crippen molar-refractivity contribution in [3.05, 3.63) is 12.3 Å². The van der Waals surface area contributed by atoms with E-state index in [1.54, 1.807) is 0 Å². The van der Waals surface area contributed by atoms with Crippen molar-refractivity contribution in [1.82, 2.24) is 9.78 Å². The standard InChI is InChI=1S/C10H19N3/c1-5-8(2)9(3)11-10-6-7-13(4)12-10/h6-9H,5H2,1-4H3,(H,11,12). The molecule has 74 valence electrons. The summed E-state index contributed by atoms with van der Waals surface area (Å²) in [5, 5.41) is 7.65. The minimum Gasteiger partial charge on any atom is -0.366 e. The normalized spacial score (nSPS) is 15.4. The van der Waals surface area contributed by atoms with Crippen molar-refractivity contribution in [1.29, 1.82) is 0 Å². The first-order valence-corrected chi connectivity index (χ1v) is 4.89. The van der Waals surface area contributed by atoms with Crippen molar-refractivity contribution in [3.8, 4) is 0 Å². The Morgan fingerprint density at radius 1 is 1.54 bits per heavy atom. The zero-order valence-electron chi connectivity index (χ0n) is 8.91. The van der Waals surface area contributed by atoms with Crippen LogP contribution >= 0.6 is 0 Å². The van der Waals surface area contributed by atoms with Crippen LogP contribution < -0.4 is 5.32 Å². The van der Waals surface area contributed by atoms with Crippen LogP contribution in [0.15, 0.2) is 12.3 Å². The van der Waals surface area contributed by atoms with E-state index in [1.165, 1.54) is 6.42 Å². The van der Waals surface area contributed by atoms with Gasteiger partial charge in [0.1, 0.15) is 5.82 Å². The van der Waals surface area contributed by atoms with E-state index in [1.807, 2.05) is 24.0 Å². The molecule has 1 aromatic heterocycles. The molecule has 2 atom stereocenters. The van der Waals surface area contributed by atoms with Crippen LogP contribution in [-0.4, -0.2) is 15.8 Å². The number of hydrogen-bond acceptors (Lipinski definition) is 2. The quantitative estimate of drug-likeness (QED) is 0.772. The van der Waals surface area contributed by atoms with Gasteiger partial charge in [0, 0.05) is 25.4 Å². The monoisotopic (exact) mass is 181 g/mol. The third-order valence-corrected chi connectivity index (χ3v) is 2.59. The van der Waals surface area contributed by atoms with E-state index < -0.39 is 0 Å². The summed E-state index contributed by atoms with van der Waals surface area (Å²) in [5.74, 6) is 1.65. The zero-order chi connectivity index (χ0) is 9.84. The van der Waals surface area contributed by atoms with E-state index in [4.69, 9.17) is 0 Å². The summed E-state index contributed by atoms with van der Waals surface area (Å²) in [7, 11) is 1.93. The highest BCUT2D eigenvalue weighted by atomic mass is 15.3. The predicted molar refractivity (Wildman–Crippen MR) is 55.7 cm³/mol. The molecule has 0 amide bonds. The Kier molecular flexibility index (Phi) is 3.34. The predicted octanol–water partition coefficient (Wildman–Crippen LogP) is 2.27. The lowest BCUT2D eigenvalue weighted by Gasteiger charge is -2.19. The van der Waals surface area contributed by atoms with E-state index in [0.717, 1.165) is 5.82 Å². The van der Waals surface area contributed by atoms with E-state index >= 15 is 0 Å². The molecule has 0 bridgehead atoms. The molecule has 0 radical (unpaired) electrons. The van der Waals surface area contributed by atoms with Crippen LogP contribution in [0.4, 0.5) is 5.82 Å². The SMILES string of the molecule is CCC(C)C(C)Nc1ccn(C)n1. The summed E-state index contributed by atoms with van der Waals surface area (Å²) in [6.45, 7) is 6.66. The first-order chi connectivity index (χ1) is 6.13. The van der Waals surface area contributed by atoms with Crippen molar-refractivity contribution in [2.45, 2.75) is 33.2 Å². The van der Waals surface area contributed by atoms with Gasteiger partial charge in [-0.05, 0) is 12.8 Å². The van der Waals surface area contributed by atoms with Crippen molar-refractivity contribution < 1.29 is 0 Å². The van der Waals surface area contributed by atoms with Gasteiger partial charge in [0.25, 0.3) is 0 Å². The number of hydrogen-bond donors (Lipinski definition) is 1. The second kappa shape index (κ2) is 4.30. The molecule has 0 aromatic carbocycles. The van der Waals surface area contributed by atoms with E-state index in [0.29, 0.717) is 12.0 Å². The van der Waals surface area contributed by atoms with E-state index in [2.05, 4.69) is 31.2 Å². The summed E-state index contributed by atoms with van der Waals surface area (Å²) >= 11 is 0. The molecule has 3 nitrogen and oxygen atoms in total. The summed E-state index contributed by atoms with van der Waals surface area (Å²) in [6, 6.07) is 2.48. The molecule has 1 N–H and O–H groups in total. The zero-order valence-corrected chi connectivity index (χ0v) is 8.91. The molecular weight excluding hydrogens is 162 g/mol. The minimum atomic E-state index is 0.486. The van der Waals surface area contributed by atoms with Gasteiger partial charge < -0.3 is 5.32 Å². The van der Waals surface area contributed by atoms with Gasteiger partial charge in [-0.25, -0.2) is 0 Å². The fourth-order valence-electron chi connectivity index (χ4n) is 1.22. The summed E-state index contributed by atoms with van der Waals surface area (Å²) in [4.78, 5) is 0. The third-order valence-electron chi connectivity index (χ3n) is 2.59. The van der Waals surface area contributed by atoms with Crippen LogP contribution in [0.25, 0.3) is 0 Å². The minimum absolute atomic E-state index is 0.486. The highest BCUT2D eigenvalue weighted by molar-refractivity contribution is 5.33. The molecular formula is C10H19N3. The second-order valence-corrected chi connectivity index (χ2v) is 3.69. The van der Waals surface area contributed by atoms with E-state index in [-0.39, 0.29) is 0 Å². The van der Waals surface area contributed by atoms with Gasteiger partial charge in [-0.3, -0.25) is 4.68 Å². The van der Waals surface area contributed by atoms with Crippen LogP contribution in [0.1, 0.15) is 27.2 Å². The Morgan fingerprint density at radius 2 is 2.23 bits per heavy atom. The smallest absolute Gasteiger partial charge is 0.148 e. The molecule has 1 rings (SSSR count). The van der Waals surface area contributed by atoms with Gasteiger partial charge in [0.15, 0.2) is 0 Å². The summed E-state index contributed by atoms with van der Waals surface area (Å²) in [6.07, 6.45) is 3.15. The molecule has 0 aliphatic carbocycles. The molecule has 0 spiro atoms. The van der Waals surface area contributed by atoms with Gasteiger partial charge in [-0.1, -0.05) is 20.3 Å². The molecule has 0 aliphatic rings. The van der Waals surface area contributed by atoms with Crippen molar-refractivity contribution in [3.63, 3.8) is 0 Å². The third kappa shape index (κ3) is 2.76. The van der Waals surface area contributed by atoms with Crippen LogP contribution in [-0.2, 0) is 7.05 Å². The van der Waals surface area contributed by atoms with Gasteiger partial charge in [0.2, 0.25) is 0 Å². The first-order valence-electron chi connectivity index (χ1n) is 4.89. The van der Waals surface area contributed by atoms with Crippen LogP contribution in [0.3, 0.4) is 0 Å². The lowest BCUT2D eigenvalue weighted by atomic mass is 10.0. The molecule has 0 aliphatic heterocycles. The topological polar surface area (TPSA) is 29.9 Å². The highest BCUT2D eigenvalue weighted by Crippen LogP contribution is 2.12. The van der Waals surface area contributed by atoms with Gasteiger partial charge in [0.05, 0.1) is 0 Å². The van der Waals surface area contributed by atoms with Crippen molar-refractivity contribution in [2.24, 2.45) is 13.0 Å². The molecule has 13 heavy (non-hydrogen) atoms. The highest BCUT2D eigenvalue weighted by Gasteiger charge is 2.10. The largest absolute Gasteiger partial charge is 0.366 e. The first kappa shape index (κ1) is 10.1. The van der Waals surface area contributed by atoms with Crippen LogP contribution in [0.5, 0.6) is 0 Å². The Labute approximate surface area is 80.1 Å². The number of aromatic nitrogens is 2. The lowest BCUT2D eigenvalue weighted by molar-refractivity contribution is 0.493. The molecule has 1 aromatic rings. The Hall–Kier alpha value is -0.990. The maximum absolute atomic E-state index is 4.27. The number of nitrogens with one attached hydrogen (secondary N) is 1. The molecule has 0 saturated carbocycles. The maximum atomic E-state index is 4.27. The Morgan fingerprint density at radius 3 is 2.69 bits per heavy atom. The summed E-state index contributed by atoms with van der Waals surface area (Å²) in [5.41, 5.74) is 0. The maximum Gasteiger partial charge on any atom is 0.148 e. The average molecular weight is 181 g/mol. The molecule has 1 heterocycles. The number of nitrogens with zero attached hydrogens (tertiary/aromatic N) is 2. The average Bonchev–Trinajstić information content (AvgIpc) is 2.49. The second-order valence-electron chi connectivity index (χ2n) is 3.69. The molecule has 2 unspecified atom stereocenters. The Bertz CT molecular complexity index is 254. The van der Waals surface area contributed by atoms with E-state index in [9.17, 15) is 0 Å².